The van der Waals surface area contributed by atoms with Gasteiger partial charge in [-0.2, -0.15) is 0 Å². The number of carbonyl (C=O) groups is 3. The number of nitrogens with one attached hydrogen (secondary N) is 1. The van der Waals surface area contributed by atoms with Crippen molar-refractivity contribution >= 4 is 28.7 Å². The molecule has 2 heterocycles. The van der Waals surface area contributed by atoms with E-state index in [1.54, 1.807) is 26.8 Å². The Kier molecular flexibility index (Phi) is 5.97. The fraction of sp³-hybridized carbons (Fsp3) is 0.346. The highest BCUT2D eigenvalue weighted by atomic mass is 16.6. The van der Waals surface area contributed by atoms with Crippen molar-refractivity contribution in [1.82, 2.24) is 14.8 Å². The van der Waals surface area contributed by atoms with Crippen LogP contribution in [-0.4, -0.2) is 45.4 Å². The largest absolute Gasteiger partial charge is 0.458 e. The Morgan fingerprint density at radius 3 is 2.48 bits per heavy atom. The first-order chi connectivity index (χ1) is 15.7. The van der Waals surface area contributed by atoms with E-state index in [4.69, 9.17) is 4.74 Å². The Bertz CT molecular complexity index is 1190. The molecule has 0 spiro atoms. The first-order valence-electron chi connectivity index (χ1n) is 11.1. The summed E-state index contributed by atoms with van der Waals surface area (Å²) >= 11 is 0. The first-order valence-corrected chi connectivity index (χ1v) is 11.1. The van der Waals surface area contributed by atoms with Crippen molar-refractivity contribution in [3.05, 3.63) is 71.9 Å². The highest BCUT2D eigenvalue weighted by molar-refractivity contribution is 6.08. The van der Waals surface area contributed by atoms with Crippen LogP contribution in [0.1, 0.15) is 49.2 Å². The summed E-state index contributed by atoms with van der Waals surface area (Å²) < 4.78 is 7.57. The van der Waals surface area contributed by atoms with E-state index in [1.165, 1.54) is 4.90 Å². The van der Waals surface area contributed by atoms with E-state index < -0.39 is 23.7 Å². The topological polar surface area (TPSA) is 80.6 Å². The number of nitrogens with zero attached hydrogens (tertiary/aromatic N) is 2. The Morgan fingerprint density at radius 2 is 1.79 bits per heavy atom. The van der Waals surface area contributed by atoms with Gasteiger partial charge < -0.3 is 19.5 Å². The number of rotatable bonds is 5. The summed E-state index contributed by atoms with van der Waals surface area (Å²) in [5.74, 6) is -1.08. The maximum absolute atomic E-state index is 13.3. The standard InChI is InChI=1S/C26H29N3O4/c1-26(2,3)33-25(32)22(17-9-6-5-7-10-17)29-16-14-20(24(29)31)27-23(30)19-11-8-12-21-18(19)13-15-28(21)4/h5-13,15,20,22H,14,16H2,1-4H3,(H,27,30)/t20-,22-/m0/s1. The van der Waals surface area contributed by atoms with Crippen molar-refractivity contribution in [2.75, 3.05) is 6.54 Å². The number of amides is 2. The van der Waals surface area contributed by atoms with E-state index in [9.17, 15) is 14.4 Å². The van der Waals surface area contributed by atoms with Gasteiger partial charge in [-0.1, -0.05) is 36.4 Å². The molecule has 1 N–H and O–H groups in total. The summed E-state index contributed by atoms with van der Waals surface area (Å²) in [6.45, 7) is 5.74. The number of likely N-dealkylation sites (tertiary alicyclic amines) is 1. The molecule has 2 aromatic carbocycles. The van der Waals surface area contributed by atoms with Crippen LogP contribution in [0.3, 0.4) is 0 Å². The number of benzene rings is 2. The Labute approximate surface area is 193 Å². The molecule has 3 aromatic rings. The molecule has 1 aliphatic heterocycles. The van der Waals surface area contributed by atoms with Crippen LogP contribution in [0, 0.1) is 0 Å². The zero-order chi connectivity index (χ0) is 23.8. The minimum absolute atomic E-state index is 0.289. The molecule has 4 rings (SSSR count). The maximum Gasteiger partial charge on any atom is 0.334 e. The zero-order valence-electron chi connectivity index (χ0n) is 19.4. The number of hydrogen-bond donors (Lipinski definition) is 1. The molecular formula is C26H29N3O4. The third-order valence-corrected chi connectivity index (χ3v) is 5.77. The van der Waals surface area contributed by atoms with Gasteiger partial charge in [-0.05, 0) is 51.0 Å². The molecule has 2 atom stereocenters. The van der Waals surface area contributed by atoms with E-state index in [2.05, 4.69) is 5.32 Å². The molecule has 1 fully saturated rings. The lowest BCUT2D eigenvalue weighted by Gasteiger charge is -2.30. The summed E-state index contributed by atoms with van der Waals surface area (Å²) in [4.78, 5) is 41.0. The van der Waals surface area contributed by atoms with Crippen LogP contribution < -0.4 is 5.32 Å². The molecule has 1 aromatic heterocycles. The van der Waals surface area contributed by atoms with Crippen molar-refractivity contribution in [2.24, 2.45) is 7.05 Å². The van der Waals surface area contributed by atoms with Crippen LogP contribution in [0.2, 0.25) is 0 Å². The van der Waals surface area contributed by atoms with Gasteiger partial charge >= 0.3 is 5.97 Å². The van der Waals surface area contributed by atoms with Crippen LogP contribution in [-0.2, 0) is 21.4 Å². The number of esters is 1. The third-order valence-electron chi connectivity index (χ3n) is 5.77. The average Bonchev–Trinajstić information content (AvgIpc) is 3.31. The van der Waals surface area contributed by atoms with Gasteiger partial charge in [0.2, 0.25) is 5.91 Å². The first kappa shape index (κ1) is 22.6. The summed E-state index contributed by atoms with van der Waals surface area (Å²) in [5, 5.41) is 3.71. The van der Waals surface area contributed by atoms with E-state index >= 15 is 0 Å². The van der Waals surface area contributed by atoms with Crippen molar-refractivity contribution in [3.63, 3.8) is 0 Å². The molecule has 0 aliphatic carbocycles. The number of carbonyl (C=O) groups excluding carboxylic acids is 3. The molecule has 7 nitrogen and oxygen atoms in total. The van der Waals surface area contributed by atoms with Crippen LogP contribution >= 0.6 is 0 Å². The lowest BCUT2D eigenvalue weighted by Crippen LogP contribution is -2.45. The second-order valence-corrected chi connectivity index (χ2v) is 9.36. The van der Waals surface area contributed by atoms with Crippen LogP contribution in [0.4, 0.5) is 0 Å². The Morgan fingerprint density at radius 1 is 1.06 bits per heavy atom. The molecular weight excluding hydrogens is 418 g/mol. The lowest BCUT2D eigenvalue weighted by molar-refractivity contribution is -0.164. The number of hydrogen-bond acceptors (Lipinski definition) is 4. The fourth-order valence-corrected chi connectivity index (χ4v) is 4.26. The molecule has 172 valence electrons. The predicted octanol–water partition coefficient (Wildman–Crippen LogP) is 3.59. The number of aromatic nitrogens is 1. The second-order valence-electron chi connectivity index (χ2n) is 9.36. The number of ether oxygens (including phenoxy) is 1. The third kappa shape index (κ3) is 4.62. The van der Waals surface area contributed by atoms with Gasteiger partial charge in [0.15, 0.2) is 6.04 Å². The van der Waals surface area contributed by atoms with Crippen LogP contribution in [0.5, 0.6) is 0 Å². The minimum Gasteiger partial charge on any atom is -0.458 e. The summed E-state index contributed by atoms with van der Waals surface area (Å²) in [7, 11) is 1.92. The molecule has 1 saturated heterocycles. The van der Waals surface area contributed by atoms with Gasteiger partial charge in [0.1, 0.15) is 11.6 Å². The van der Waals surface area contributed by atoms with Gasteiger partial charge in [0.05, 0.1) is 0 Å². The Hall–Kier alpha value is -3.61. The van der Waals surface area contributed by atoms with E-state index in [0.29, 0.717) is 24.1 Å². The molecule has 33 heavy (non-hydrogen) atoms. The van der Waals surface area contributed by atoms with Gasteiger partial charge in [-0.25, -0.2) is 4.79 Å². The van der Waals surface area contributed by atoms with Gasteiger partial charge in [0, 0.05) is 36.3 Å². The van der Waals surface area contributed by atoms with E-state index in [-0.39, 0.29) is 11.8 Å². The molecule has 0 bridgehead atoms. The molecule has 0 saturated carbocycles. The smallest absolute Gasteiger partial charge is 0.334 e. The number of fused-ring (bicyclic) bond motifs is 1. The van der Waals surface area contributed by atoms with E-state index in [0.717, 1.165) is 10.9 Å². The molecule has 0 radical (unpaired) electrons. The van der Waals surface area contributed by atoms with E-state index in [1.807, 2.05) is 66.3 Å². The van der Waals surface area contributed by atoms with Crippen molar-refractivity contribution in [1.29, 1.82) is 0 Å². The van der Waals surface area contributed by atoms with Gasteiger partial charge in [0.25, 0.3) is 5.91 Å². The Balaban J connectivity index is 1.56. The average molecular weight is 448 g/mol. The zero-order valence-corrected chi connectivity index (χ0v) is 19.4. The number of aryl methyl sites for hydroxylation is 1. The fourth-order valence-electron chi connectivity index (χ4n) is 4.26. The molecule has 0 unspecified atom stereocenters. The van der Waals surface area contributed by atoms with Crippen molar-refractivity contribution in [2.45, 2.75) is 44.9 Å². The molecule has 2 amide bonds. The second kappa shape index (κ2) is 8.73. The highest BCUT2D eigenvalue weighted by Crippen LogP contribution is 2.29. The normalized spacial score (nSPS) is 17.3. The lowest BCUT2D eigenvalue weighted by atomic mass is 10.0. The van der Waals surface area contributed by atoms with Crippen molar-refractivity contribution < 1.29 is 19.1 Å². The van der Waals surface area contributed by atoms with Gasteiger partial charge in [-0.3, -0.25) is 9.59 Å². The monoisotopic (exact) mass is 447 g/mol. The van der Waals surface area contributed by atoms with Crippen LogP contribution in [0.25, 0.3) is 10.9 Å². The summed E-state index contributed by atoms with van der Waals surface area (Å²) in [6.07, 6.45) is 2.32. The quantitative estimate of drug-likeness (QED) is 0.606. The maximum atomic E-state index is 13.3. The summed E-state index contributed by atoms with van der Waals surface area (Å²) in [5.41, 5.74) is 1.46. The van der Waals surface area contributed by atoms with Crippen molar-refractivity contribution in [3.8, 4) is 0 Å². The summed E-state index contributed by atoms with van der Waals surface area (Å²) in [6, 6.07) is 15.0. The molecule has 7 heteroatoms. The SMILES string of the molecule is Cn1ccc2c(C(=O)N[C@H]3CCN([C@H](C(=O)OC(C)(C)C)c4ccccc4)C3=O)cccc21. The predicted molar refractivity (Wildman–Crippen MR) is 126 cm³/mol. The van der Waals surface area contributed by atoms with Gasteiger partial charge in [-0.15, -0.1) is 0 Å². The van der Waals surface area contributed by atoms with Crippen LogP contribution in [0.15, 0.2) is 60.8 Å². The minimum atomic E-state index is -0.864. The molecule has 1 aliphatic rings. The highest BCUT2D eigenvalue weighted by Gasteiger charge is 2.42.